The zero-order valence-corrected chi connectivity index (χ0v) is 17.8. The van der Waals surface area contributed by atoms with Crippen LogP contribution in [-0.2, 0) is 10.0 Å². The molecule has 1 aromatic heterocycles. The number of aliphatic imine (C=N–C) groups is 1. The first kappa shape index (κ1) is 20.6. The molecule has 0 amide bonds. The molecule has 0 bridgehead atoms. The van der Waals surface area contributed by atoms with E-state index in [0.29, 0.717) is 23.7 Å². The number of rotatable bonds is 6. The third-order valence-electron chi connectivity index (χ3n) is 4.71. The van der Waals surface area contributed by atoms with Gasteiger partial charge in [0.2, 0.25) is 10.0 Å². The van der Waals surface area contributed by atoms with E-state index in [4.69, 9.17) is 14.3 Å². The van der Waals surface area contributed by atoms with E-state index < -0.39 is 10.0 Å². The number of aromatic nitrogens is 1. The number of primary sulfonamides is 1. The van der Waals surface area contributed by atoms with Crippen molar-refractivity contribution in [1.82, 2.24) is 9.88 Å². The molecule has 0 spiro atoms. The highest BCUT2D eigenvalue weighted by molar-refractivity contribution is 7.89. The average Bonchev–Trinajstić information content (AvgIpc) is 3.22. The normalized spacial score (nSPS) is 13.8. The number of anilines is 2. The van der Waals surface area contributed by atoms with Gasteiger partial charge in [0.25, 0.3) is 6.01 Å². The van der Waals surface area contributed by atoms with Crippen LogP contribution in [0, 0.1) is 0 Å². The molecule has 0 radical (unpaired) electrons. The summed E-state index contributed by atoms with van der Waals surface area (Å²) in [7, 11) is -0.443. The van der Waals surface area contributed by atoms with E-state index in [9.17, 15) is 8.42 Å². The minimum absolute atomic E-state index is 0.0521. The largest absolute Gasteiger partial charge is 0.495 e. The number of ether oxygens (including phenoxy) is 1. The second kappa shape index (κ2) is 8.25. The van der Waals surface area contributed by atoms with Gasteiger partial charge in [-0.15, -0.1) is 0 Å². The van der Waals surface area contributed by atoms with Crippen LogP contribution >= 0.6 is 0 Å². The molecule has 31 heavy (non-hydrogen) atoms. The second-order valence-electron chi connectivity index (χ2n) is 6.82. The average molecular weight is 439 g/mol. The molecule has 0 fully saturated rings. The zero-order chi connectivity index (χ0) is 22.0. The molecule has 2 aromatic carbocycles. The number of oxazole rings is 1. The summed E-state index contributed by atoms with van der Waals surface area (Å²) >= 11 is 0. The van der Waals surface area contributed by atoms with Crippen LogP contribution in [0.3, 0.4) is 0 Å². The smallest absolute Gasteiger partial charge is 0.299 e. The van der Waals surface area contributed by atoms with E-state index in [1.165, 1.54) is 25.3 Å². The Kier molecular flexibility index (Phi) is 5.49. The summed E-state index contributed by atoms with van der Waals surface area (Å²) in [5.41, 5.74) is 3.29. The Morgan fingerprint density at radius 3 is 2.74 bits per heavy atom. The number of benzene rings is 2. The highest BCUT2D eigenvalue weighted by Crippen LogP contribution is 2.32. The Bertz CT molecular complexity index is 1280. The van der Waals surface area contributed by atoms with Crippen molar-refractivity contribution in [2.75, 3.05) is 26.0 Å². The van der Waals surface area contributed by atoms with Crippen LogP contribution < -0.4 is 15.2 Å². The van der Waals surface area contributed by atoms with E-state index in [-0.39, 0.29) is 10.9 Å². The lowest BCUT2D eigenvalue weighted by Gasteiger charge is -2.21. The third-order valence-corrected chi connectivity index (χ3v) is 5.63. The molecular weight excluding hydrogens is 418 g/mol. The Morgan fingerprint density at radius 2 is 2.00 bits per heavy atom. The van der Waals surface area contributed by atoms with Crippen LogP contribution in [0.15, 0.2) is 69.0 Å². The SMILES string of the molecule is COc1ccc(S(N)(=O)=O)cc1Nc1ncc(-c2cccc(C3=CCN=CN3C)c2)o1. The lowest BCUT2D eigenvalue weighted by molar-refractivity contribution is 0.416. The van der Waals surface area contributed by atoms with Gasteiger partial charge in [0.1, 0.15) is 5.75 Å². The van der Waals surface area contributed by atoms with Crippen LogP contribution in [0.5, 0.6) is 5.75 Å². The minimum Gasteiger partial charge on any atom is -0.495 e. The van der Waals surface area contributed by atoms with E-state index in [1.54, 1.807) is 12.5 Å². The van der Waals surface area contributed by atoms with Crippen molar-refractivity contribution in [1.29, 1.82) is 0 Å². The van der Waals surface area contributed by atoms with Crippen LogP contribution in [0.4, 0.5) is 11.7 Å². The quantitative estimate of drug-likeness (QED) is 0.605. The summed E-state index contributed by atoms with van der Waals surface area (Å²) < 4.78 is 34.5. The maximum atomic E-state index is 11.7. The Morgan fingerprint density at radius 1 is 1.19 bits per heavy atom. The number of methoxy groups -OCH3 is 1. The summed E-state index contributed by atoms with van der Waals surface area (Å²) in [6, 6.07) is 12.3. The fourth-order valence-corrected chi connectivity index (χ4v) is 3.75. The van der Waals surface area contributed by atoms with Gasteiger partial charge in [-0.3, -0.25) is 4.99 Å². The summed E-state index contributed by atoms with van der Waals surface area (Å²) in [5, 5.41) is 8.18. The maximum absolute atomic E-state index is 11.7. The molecule has 9 nitrogen and oxygen atoms in total. The van der Waals surface area contributed by atoms with Crippen molar-refractivity contribution >= 4 is 33.8 Å². The maximum Gasteiger partial charge on any atom is 0.299 e. The van der Waals surface area contributed by atoms with Gasteiger partial charge in [0.15, 0.2) is 5.76 Å². The number of sulfonamides is 1. The molecule has 2 heterocycles. The topological polar surface area (TPSA) is 123 Å². The van der Waals surface area contributed by atoms with Crippen molar-refractivity contribution in [2.24, 2.45) is 10.1 Å². The fourth-order valence-electron chi connectivity index (χ4n) is 3.21. The van der Waals surface area contributed by atoms with Gasteiger partial charge in [-0.1, -0.05) is 18.2 Å². The Balaban J connectivity index is 1.61. The fraction of sp³-hybridized carbons (Fsp3) is 0.143. The van der Waals surface area contributed by atoms with Crippen LogP contribution in [0.25, 0.3) is 17.0 Å². The van der Waals surface area contributed by atoms with Crippen molar-refractivity contribution in [3.8, 4) is 17.1 Å². The molecule has 1 aliphatic heterocycles. The molecule has 1 aliphatic rings. The van der Waals surface area contributed by atoms with Gasteiger partial charge in [-0.05, 0) is 35.9 Å². The predicted octanol–water partition coefficient (Wildman–Crippen LogP) is 3.06. The van der Waals surface area contributed by atoms with E-state index >= 15 is 0 Å². The Hall–Kier alpha value is -3.63. The monoisotopic (exact) mass is 439 g/mol. The summed E-state index contributed by atoms with van der Waals surface area (Å²) in [6.45, 7) is 0.639. The zero-order valence-electron chi connectivity index (χ0n) is 16.9. The van der Waals surface area contributed by atoms with Crippen molar-refractivity contribution in [3.05, 3.63) is 60.3 Å². The molecule has 10 heteroatoms. The van der Waals surface area contributed by atoms with Gasteiger partial charge >= 0.3 is 0 Å². The first-order valence-electron chi connectivity index (χ1n) is 9.32. The molecule has 0 saturated carbocycles. The molecule has 0 aliphatic carbocycles. The number of nitrogens with two attached hydrogens (primary N) is 1. The molecule has 160 valence electrons. The van der Waals surface area contributed by atoms with Crippen molar-refractivity contribution in [2.45, 2.75) is 4.90 Å². The number of nitrogens with zero attached hydrogens (tertiary/aromatic N) is 3. The van der Waals surface area contributed by atoms with E-state index in [2.05, 4.69) is 21.4 Å². The number of nitrogens with one attached hydrogen (secondary N) is 1. The van der Waals surface area contributed by atoms with E-state index in [0.717, 1.165) is 16.8 Å². The van der Waals surface area contributed by atoms with Gasteiger partial charge < -0.3 is 19.4 Å². The predicted molar refractivity (Wildman–Crippen MR) is 119 cm³/mol. The number of hydrogen-bond acceptors (Lipinski definition) is 8. The second-order valence-corrected chi connectivity index (χ2v) is 8.38. The third kappa shape index (κ3) is 4.44. The van der Waals surface area contributed by atoms with Gasteiger partial charge in [0, 0.05) is 18.3 Å². The molecule has 3 N–H and O–H groups in total. The standard InChI is InChI=1S/C21H21N5O4S/c1-26-13-23-9-8-18(26)14-4-3-5-15(10-14)20-12-24-21(30-20)25-17-11-16(31(22,27)28)6-7-19(17)29-2/h3-8,10-13H,9H2,1-2H3,(H,24,25)(H2,22,27,28). The molecule has 4 rings (SSSR count). The van der Waals surface area contributed by atoms with Crippen LogP contribution in [0.1, 0.15) is 5.56 Å². The van der Waals surface area contributed by atoms with Crippen molar-refractivity contribution in [3.63, 3.8) is 0 Å². The summed E-state index contributed by atoms with van der Waals surface area (Å²) in [5.74, 6) is 0.974. The summed E-state index contributed by atoms with van der Waals surface area (Å²) in [4.78, 5) is 10.4. The first-order valence-corrected chi connectivity index (χ1v) is 10.9. The van der Waals surface area contributed by atoms with Crippen LogP contribution in [0.2, 0.25) is 0 Å². The molecule has 3 aromatic rings. The summed E-state index contributed by atoms with van der Waals surface area (Å²) in [6.07, 6.45) is 5.44. The molecular formula is C21H21N5O4S. The molecule has 0 atom stereocenters. The highest BCUT2D eigenvalue weighted by Gasteiger charge is 2.15. The van der Waals surface area contributed by atoms with Gasteiger partial charge in [-0.2, -0.15) is 0 Å². The lowest BCUT2D eigenvalue weighted by Crippen LogP contribution is -2.17. The highest BCUT2D eigenvalue weighted by atomic mass is 32.2. The van der Waals surface area contributed by atoms with Crippen molar-refractivity contribution < 1.29 is 17.6 Å². The van der Waals surface area contributed by atoms with Crippen LogP contribution in [-0.4, -0.2) is 45.3 Å². The van der Waals surface area contributed by atoms with E-state index in [1.807, 2.05) is 36.2 Å². The minimum atomic E-state index is -3.87. The number of hydrogen-bond donors (Lipinski definition) is 2. The van der Waals surface area contributed by atoms with Gasteiger partial charge in [0.05, 0.1) is 36.8 Å². The van der Waals surface area contributed by atoms with Gasteiger partial charge in [-0.25, -0.2) is 18.5 Å². The molecule has 0 unspecified atom stereocenters. The first-order chi connectivity index (χ1) is 14.8. The lowest BCUT2D eigenvalue weighted by atomic mass is 10.1. The Labute approximate surface area is 179 Å². The molecule has 0 saturated heterocycles.